The van der Waals surface area contributed by atoms with E-state index in [-0.39, 0.29) is 0 Å². The Hall–Kier alpha value is -0.900. The third-order valence-electron chi connectivity index (χ3n) is 2.33. The first-order valence-corrected chi connectivity index (χ1v) is 5.75. The summed E-state index contributed by atoms with van der Waals surface area (Å²) >= 11 is 13.3. The predicted octanol–water partition coefficient (Wildman–Crippen LogP) is 4.10. The number of halogens is 2. The summed E-state index contributed by atoms with van der Waals surface area (Å²) in [5.74, 6) is 0. The molecular weight excluding hydrogens is 251 g/mol. The molecule has 0 bridgehead atoms. The maximum Gasteiger partial charge on any atom is 0.154 e. The van der Waals surface area contributed by atoms with Gasteiger partial charge in [-0.25, -0.2) is 0 Å². The smallest absolute Gasteiger partial charge is 0.154 e. The number of benzene rings is 1. The molecule has 0 radical (unpaired) electrons. The zero-order valence-electron chi connectivity index (χ0n) is 7.37. The predicted molar refractivity (Wildman–Crippen MR) is 64.1 cm³/mol. The molecule has 0 saturated carbocycles. The van der Waals surface area contributed by atoms with Crippen molar-refractivity contribution < 1.29 is 0 Å². The lowest BCUT2D eigenvalue weighted by Crippen LogP contribution is -1.82. The van der Waals surface area contributed by atoms with E-state index in [2.05, 4.69) is 8.75 Å². The minimum absolute atomic E-state index is 0.422. The normalized spacial score (nSPS) is 11.3. The fourth-order valence-electron chi connectivity index (χ4n) is 1.68. The van der Waals surface area contributed by atoms with Gasteiger partial charge >= 0.3 is 0 Å². The van der Waals surface area contributed by atoms with Crippen LogP contribution in [0.5, 0.6) is 0 Å². The first-order valence-electron chi connectivity index (χ1n) is 4.27. The second kappa shape index (κ2) is 3.30. The number of hydrogen-bond donors (Lipinski definition) is 0. The molecule has 74 valence electrons. The molecule has 0 atom stereocenters. The summed E-state index contributed by atoms with van der Waals surface area (Å²) in [4.78, 5) is 0. The van der Waals surface area contributed by atoms with Crippen molar-refractivity contribution in [2.45, 2.75) is 0 Å². The minimum Gasteiger partial charge on any atom is -0.174 e. The lowest BCUT2D eigenvalue weighted by atomic mass is 10.2. The van der Waals surface area contributed by atoms with Crippen LogP contribution in [0.15, 0.2) is 24.3 Å². The van der Waals surface area contributed by atoms with Crippen LogP contribution in [-0.2, 0) is 0 Å². The van der Waals surface area contributed by atoms with Crippen LogP contribution in [-0.4, -0.2) is 8.75 Å². The average molecular weight is 255 g/mol. The summed E-state index contributed by atoms with van der Waals surface area (Å²) < 4.78 is 8.23. The molecule has 1 heterocycles. The van der Waals surface area contributed by atoms with Gasteiger partial charge in [0.15, 0.2) is 5.15 Å². The summed E-state index contributed by atoms with van der Waals surface area (Å²) in [5, 5.41) is 3.06. The standard InChI is InChI=1S/C10H4Cl2N2S/c11-8-5-3-1-2-4-6(5)9-7(8)10(12)14-15-13-9/h1-4H. The van der Waals surface area contributed by atoms with Gasteiger partial charge in [0.1, 0.15) is 0 Å². The highest BCUT2D eigenvalue weighted by Crippen LogP contribution is 2.43. The van der Waals surface area contributed by atoms with Gasteiger partial charge in [-0.2, -0.15) is 8.75 Å². The average Bonchev–Trinajstić information content (AvgIpc) is 2.55. The van der Waals surface area contributed by atoms with Crippen LogP contribution >= 0.6 is 34.9 Å². The van der Waals surface area contributed by atoms with E-state index in [0.29, 0.717) is 10.2 Å². The van der Waals surface area contributed by atoms with Crippen molar-refractivity contribution in [2.24, 2.45) is 0 Å². The Balaban J connectivity index is 2.61. The highest BCUT2D eigenvalue weighted by Gasteiger charge is 2.21. The number of hydrogen-bond acceptors (Lipinski definition) is 3. The van der Waals surface area contributed by atoms with Crippen molar-refractivity contribution in [1.29, 1.82) is 0 Å². The van der Waals surface area contributed by atoms with E-state index in [1.807, 2.05) is 24.3 Å². The summed E-state index contributed by atoms with van der Waals surface area (Å²) in [5.41, 5.74) is 1.58. The molecule has 1 aliphatic heterocycles. The Morgan fingerprint density at radius 3 is 2.53 bits per heavy atom. The van der Waals surface area contributed by atoms with E-state index in [0.717, 1.165) is 33.8 Å². The van der Waals surface area contributed by atoms with Gasteiger partial charge in [0.25, 0.3) is 0 Å². The van der Waals surface area contributed by atoms with E-state index >= 15 is 0 Å². The third kappa shape index (κ3) is 1.24. The molecule has 5 heteroatoms. The van der Waals surface area contributed by atoms with Crippen LogP contribution in [0.25, 0.3) is 22.0 Å². The number of aromatic nitrogens is 2. The van der Waals surface area contributed by atoms with Crippen molar-refractivity contribution in [1.82, 2.24) is 8.75 Å². The van der Waals surface area contributed by atoms with Crippen LogP contribution in [0.1, 0.15) is 0 Å². The van der Waals surface area contributed by atoms with Crippen LogP contribution in [0, 0.1) is 0 Å². The highest BCUT2D eigenvalue weighted by molar-refractivity contribution is 6.99. The second-order valence-corrected chi connectivity index (χ2v) is 4.40. The SMILES string of the molecule is Clc1nsnc2c3ccccc3c(Cl)c1-2. The Morgan fingerprint density at radius 2 is 1.73 bits per heavy atom. The van der Waals surface area contributed by atoms with Gasteiger partial charge in [-0.1, -0.05) is 47.5 Å². The van der Waals surface area contributed by atoms with Crippen LogP contribution in [0.2, 0.25) is 10.2 Å². The van der Waals surface area contributed by atoms with Gasteiger partial charge in [0, 0.05) is 10.8 Å². The maximum absolute atomic E-state index is 6.24. The van der Waals surface area contributed by atoms with Gasteiger partial charge in [-0.05, 0) is 0 Å². The zero-order valence-corrected chi connectivity index (χ0v) is 9.70. The monoisotopic (exact) mass is 254 g/mol. The Labute approximate surface area is 100 Å². The Bertz CT molecular complexity index is 620. The molecule has 2 aliphatic rings. The van der Waals surface area contributed by atoms with Gasteiger partial charge < -0.3 is 0 Å². The number of nitrogens with zero attached hydrogens (tertiary/aromatic N) is 2. The van der Waals surface area contributed by atoms with Crippen molar-refractivity contribution in [3.05, 3.63) is 34.4 Å². The van der Waals surface area contributed by atoms with Crippen LogP contribution in [0.4, 0.5) is 0 Å². The van der Waals surface area contributed by atoms with Crippen molar-refractivity contribution in [3.8, 4) is 11.3 Å². The van der Waals surface area contributed by atoms with Crippen molar-refractivity contribution in [2.75, 3.05) is 0 Å². The molecule has 3 rings (SSSR count). The van der Waals surface area contributed by atoms with Crippen LogP contribution < -0.4 is 0 Å². The summed E-state index contributed by atoms with van der Waals surface area (Å²) in [7, 11) is 0. The molecule has 0 unspecified atom stereocenters. The Morgan fingerprint density at radius 1 is 1.00 bits per heavy atom. The molecule has 1 aliphatic carbocycles. The van der Waals surface area contributed by atoms with E-state index in [1.54, 1.807) is 0 Å². The fraction of sp³-hybridized carbons (Fsp3) is 0. The molecule has 0 fully saturated rings. The number of rotatable bonds is 0. The minimum atomic E-state index is 0.422. The molecule has 0 amide bonds. The van der Waals surface area contributed by atoms with Gasteiger partial charge in [-0.3, -0.25) is 0 Å². The molecule has 15 heavy (non-hydrogen) atoms. The molecule has 0 saturated heterocycles. The molecular formula is C10H4Cl2N2S. The van der Waals surface area contributed by atoms with E-state index < -0.39 is 0 Å². The van der Waals surface area contributed by atoms with E-state index in [4.69, 9.17) is 23.2 Å². The fourth-order valence-corrected chi connectivity index (χ4v) is 2.82. The Kier molecular flexibility index (Phi) is 2.06. The molecule has 1 aromatic carbocycles. The molecule has 2 nitrogen and oxygen atoms in total. The van der Waals surface area contributed by atoms with E-state index in [9.17, 15) is 0 Å². The topological polar surface area (TPSA) is 25.8 Å². The summed E-state index contributed by atoms with van der Waals surface area (Å²) in [6.07, 6.45) is 0. The lowest BCUT2D eigenvalue weighted by Gasteiger charge is -1.97. The van der Waals surface area contributed by atoms with E-state index in [1.165, 1.54) is 0 Å². The molecule has 0 aromatic heterocycles. The van der Waals surface area contributed by atoms with Gasteiger partial charge in [0.05, 0.1) is 28.0 Å². The summed E-state index contributed by atoms with van der Waals surface area (Å²) in [6, 6.07) is 7.84. The molecule has 0 spiro atoms. The molecule has 0 N–H and O–H groups in total. The zero-order chi connectivity index (χ0) is 10.4. The quantitative estimate of drug-likeness (QED) is 0.604. The highest BCUT2D eigenvalue weighted by atomic mass is 35.5. The lowest BCUT2D eigenvalue weighted by molar-refractivity contribution is 1.43. The largest absolute Gasteiger partial charge is 0.174 e. The van der Waals surface area contributed by atoms with Crippen molar-refractivity contribution in [3.63, 3.8) is 0 Å². The first kappa shape index (κ1) is 9.33. The number of fused-ring (bicyclic) bond motifs is 3. The van der Waals surface area contributed by atoms with Gasteiger partial charge in [-0.15, -0.1) is 0 Å². The van der Waals surface area contributed by atoms with Crippen LogP contribution in [0.3, 0.4) is 0 Å². The summed E-state index contributed by atoms with van der Waals surface area (Å²) in [6.45, 7) is 0. The molecule has 1 aromatic rings. The maximum atomic E-state index is 6.24. The third-order valence-corrected chi connectivity index (χ3v) is 3.63. The van der Waals surface area contributed by atoms with Gasteiger partial charge in [0.2, 0.25) is 0 Å². The second-order valence-electron chi connectivity index (χ2n) is 3.14. The van der Waals surface area contributed by atoms with Crippen molar-refractivity contribution >= 4 is 45.7 Å². The first-order chi connectivity index (χ1) is 7.29.